The normalized spacial score (nSPS) is 11.9. The highest BCUT2D eigenvalue weighted by molar-refractivity contribution is 5.86. The molecular formula is C24H16FNO2. The number of halogens is 1. The molecule has 2 N–H and O–H groups in total. The van der Waals surface area contributed by atoms with Gasteiger partial charge in [0.2, 0.25) is 0 Å². The van der Waals surface area contributed by atoms with Gasteiger partial charge in [0.25, 0.3) is 0 Å². The number of pyridine rings is 1. The standard InChI is InChI=1S/C24H16FNO2/c25-17-7-4-14(5-8-17)23-13-20(15-2-1-3-18(27)10-15)22-11-16-6-9-19(28)12-21(16)24(22)26-23/h1-10,12-13,27-28H,11H2. The van der Waals surface area contributed by atoms with Crippen LogP contribution in [0.2, 0.25) is 0 Å². The summed E-state index contributed by atoms with van der Waals surface area (Å²) in [4.78, 5) is 4.85. The molecule has 0 saturated carbocycles. The number of hydrogen-bond acceptors (Lipinski definition) is 3. The van der Waals surface area contributed by atoms with E-state index in [1.807, 2.05) is 24.3 Å². The molecule has 0 fully saturated rings. The summed E-state index contributed by atoms with van der Waals surface area (Å²) in [7, 11) is 0. The summed E-state index contributed by atoms with van der Waals surface area (Å²) in [6.07, 6.45) is 0.701. The molecular weight excluding hydrogens is 353 g/mol. The molecule has 0 aliphatic heterocycles. The Morgan fingerprint density at radius 3 is 2.32 bits per heavy atom. The van der Waals surface area contributed by atoms with Gasteiger partial charge in [-0.05, 0) is 76.9 Å². The van der Waals surface area contributed by atoms with Gasteiger partial charge in [-0.25, -0.2) is 9.37 Å². The SMILES string of the molecule is Oc1cccc(-c2cc(-c3ccc(F)cc3)nc3c2Cc2ccc(O)cc2-3)c1. The first kappa shape index (κ1) is 16.5. The Balaban J connectivity index is 1.78. The predicted octanol–water partition coefficient (Wildman–Crippen LogP) is 5.54. The molecule has 0 atom stereocenters. The molecule has 0 radical (unpaired) electrons. The van der Waals surface area contributed by atoms with Crippen molar-refractivity contribution in [2.24, 2.45) is 0 Å². The zero-order chi connectivity index (χ0) is 19.3. The quantitative estimate of drug-likeness (QED) is 0.430. The van der Waals surface area contributed by atoms with Crippen LogP contribution in [-0.2, 0) is 6.42 Å². The van der Waals surface area contributed by atoms with Gasteiger partial charge in [0.05, 0.1) is 11.4 Å². The van der Waals surface area contributed by atoms with E-state index in [0.29, 0.717) is 12.1 Å². The Labute approximate surface area is 161 Å². The average Bonchev–Trinajstić information content (AvgIpc) is 3.06. The number of nitrogens with zero attached hydrogens (tertiary/aromatic N) is 1. The summed E-state index contributed by atoms with van der Waals surface area (Å²) < 4.78 is 13.4. The van der Waals surface area contributed by atoms with E-state index in [2.05, 4.69) is 0 Å². The van der Waals surface area contributed by atoms with Gasteiger partial charge in [-0.2, -0.15) is 0 Å². The average molecular weight is 369 g/mol. The number of phenols is 2. The van der Waals surface area contributed by atoms with Crippen molar-refractivity contribution in [3.05, 3.63) is 89.7 Å². The first-order valence-corrected chi connectivity index (χ1v) is 9.00. The minimum absolute atomic E-state index is 0.194. The summed E-state index contributed by atoms with van der Waals surface area (Å²) in [5.41, 5.74) is 7.24. The minimum Gasteiger partial charge on any atom is -0.508 e. The molecule has 1 heterocycles. The fourth-order valence-corrected chi connectivity index (χ4v) is 3.80. The van der Waals surface area contributed by atoms with Crippen LogP contribution in [0.4, 0.5) is 4.39 Å². The predicted molar refractivity (Wildman–Crippen MR) is 107 cm³/mol. The summed E-state index contributed by atoms with van der Waals surface area (Å²) in [6.45, 7) is 0. The van der Waals surface area contributed by atoms with Crippen molar-refractivity contribution in [3.63, 3.8) is 0 Å². The third-order valence-corrected chi connectivity index (χ3v) is 5.14. The second-order valence-electron chi connectivity index (χ2n) is 6.96. The van der Waals surface area contributed by atoms with Gasteiger partial charge in [0.15, 0.2) is 0 Å². The molecule has 0 spiro atoms. The number of benzene rings is 3. The highest BCUT2D eigenvalue weighted by Crippen LogP contribution is 2.43. The fraction of sp³-hybridized carbons (Fsp3) is 0.0417. The van der Waals surface area contributed by atoms with Crippen LogP contribution in [0.1, 0.15) is 11.1 Å². The lowest BCUT2D eigenvalue weighted by Gasteiger charge is -2.12. The van der Waals surface area contributed by atoms with E-state index in [4.69, 9.17) is 4.98 Å². The van der Waals surface area contributed by atoms with Gasteiger partial charge in [-0.15, -0.1) is 0 Å². The minimum atomic E-state index is -0.298. The van der Waals surface area contributed by atoms with Crippen molar-refractivity contribution in [2.45, 2.75) is 6.42 Å². The number of aromatic hydroxyl groups is 2. The van der Waals surface area contributed by atoms with Gasteiger partial charge >= 0.3 is 0 Å². The van der Waals surface area contributed by atoms with Crippen molar-refractivity contribution < 1.29 is 14.6 Å². The van der Waals surface area contributed by atoms with Gasteiger partial charge in [0, 0.05) is 17.5 Å². The Bertz CT molecular complexity index is 1220. The van der Waals surface area contributed by atoms with Crippen molar-refractivity contribution in [3.8, 4) is 45.1 Å². The Kier molecular flexibility index (Phi) is 3.66. The lowest BCUT2D eigenvalue weighted by atomic mass is 9.96. The first-order chi connectivity index (χ1) is 13.6. The molecule has 4 aromatic rings. The van der Waals surface area contributed by atoms with Gasteiger partial charge < -0.3 is 10.2 Å². The number of hydrogen-bond donors (Lipinski definition) is 2. The van der Waals surface area contributed by atoms with E-state index in [-0.39, 0.29) is 17.3 Å². The van der Waals surface area contributed by atoms with Crippen LogP contribution in [0.5, 0.6) is 11.5 Å². The van der Waals surface area contributed by atoms with Crippen LogP contribution < -0.4 is 0 Å². The molecule has 0 bridgehead atoms. The maximum absolute atomic E-state index is 13.4. The lowest BCUT2D eigenvalue weighted by molar-refractivity contribution is 0.475. The maximum atomic E-state index is 13.4. The molecule has 136 valence electrons. The number of fused-ring (bicyclic) bond motifs is 3. The zero-order valence-corrected chi connectivity index (χ0v) is 14.9. The summed E-state index contributed by atoms with van der Waals surface area (Å²) in [5.74, 6) is 0.0902. The van der Waals surface area contributed by atoms with Gasteiger partial charge in [-0.3, -0.25) is 0 Å². The van der Waals surface area contributed by atoms with Crippen LogP contribution in [0.25, 0.3) is 33.6 Å². The third-order valence-electron chi connectivity index (χ3n) is 5.14. The molecule has 0 amide bonds. The molecule has 0 unspecified atom stereocenters. The highest BCUT2D eigenvalue weighted by atomic mass is 19.1. The Hall–Kier alpha value is -3.66. The maximum Gasteiger partial charge on any atom is 0.123 e. The zero-order valence-electron chi connectivity index (χ0n) is 14.9. The molecule has 0 saturated heterocycles. The first-order valence-electron chi connectivity index (χ1n) is 9.00. The smallest absolute Gasteiger partial charge is 0.123 e. The third kappa shape index (κ3) is 2.70. The van der Waals surface area contributed by atoms with Crippen LogP contribution in [0.3, 0.4) is 0 Å². The molecule has 3 nitrogen and oxygen atoms in total. The van der Waals surface area contributed by atoms with E-state index in [0.717, 1.165) is 39.1 Å². The molecule has 1 aliphatic rings. The molecule has 28 heavy (non-hydrogen) atoms. The van der Waals surface area contributed by atoms with Crippen molar-refractivity contribution >= 4 is 0 Å². The summed E-state index contributed by atoms with van der Waals surface area (Å²) in [6, 6.07) is 20.7. The molecule has 4 heteroatoms. The van der Waals surface area contributed by atoms with Crippen molar-refractivity contribution in [1.29, 1.82) is 0 Å². The second-order valence-corrected chi connectivity index (χ2v) is 6.96. The van der Waals surface area contributed by atoms with E-state index in [1.54, 1.807) is 36.4 Å². The summed E-state index contributed by atoms with van der Waals surface area (Å²) >= 11 is 0. The second kappa shape index (κ2) is 6.20. The van der Waals surface area contributed by atoms with Gasteiger partial charge in [-0.1, -0.05) is 18.2 Å². The van der Waals surface area contributed by atoms with Gasteiger partial charge in [0.1, 0.15) is 17.3 Å². The number of aromatic nitrogens is 1. The molecule has 1 aliphatic carbocycles. The van der Waals surface area contributed by atoms with E-state index >= 15 is 0 Å². The Morgan fingerprint density at radius 1 is 0.750 bits per heavy atom. The largest absolute Gasteiger partial charge is 0.508 e. The van der Waals surface area contributed by atoms with E-state index in [9.17, 15) is 14.6 Å². The van der Waals surface area contributed by atoms with Crippen LogP contribution >= 0.6 is 0 Å². The topological polar surface area (TPSA) is 53.4 Å². The molecule has 1 aromatic heterocycles. The molecule has 3 aromatic carbocycles. The monoisotopic (exact) mass is 369 g/mol. The molecule has 5 rings (SSSR count). The summed E-state index contributed by atoms with van der Waals surface area (Å²) in [5, 5.41) is 19.9. The van der Waals surface area contributed by atoms with Crippen molar-refractivity contribution in [1.82, 2.24) is 4.98 Å². The number of rotatable bonds is 2. The Morgan fingerprint density at radius 2 is 1.54 bits per heavy atom. The fourth-order valence-electron chi connectivity index (χ4n) is 3.80. The highest BCUT2D eigenvalue weighted by Gasteiger charge is 2.25. The number of phenolic OH excluding ortho intramolecular Hbond substituents is 2. The van der Waals surface area contributed by atoms with Crippen LogP contribution in [0, 0.1) is 5.82 Å². The van der Waals surface area contributed by atoms with Crippen LogP contribution in [-0.4, -0.2) is 15.2 Å². The van der Waals surface area contributed by atoms with E-state index < -0.39 is 0 Å². The van der Waals surface area contributed by atoms with E-state index in [1.165, 1.54) is 12.1 Å². The lowest BCUT2D eigenvalue weighted by Crippen LogP contribution is -1.94. The van der Waals surface area contributed by atoms with Crippen molar-refractivity contribution in [2.75, 3.05) is 0 Å². The van der Waals surface area contributed by atoms with Crippen LogP contribution in [0.15, 0.2) is 72.8 Å².